The highest BCUT2D eigenvalue weighted by molar-refractivity contribution is 5.81. The van der Waals surface area contributed by atoms with E-state index in [0.29, 0.717) is 48.3 Å². The SMILES string of the molecule is O=C(C1CC1)N1CCC(O)(Cc2nn(-c3ccc(-c4ccccc4)c(CO)c3)c3nc[nH]c(=O)c23)CC1. The fraction of sp³-hybridized carbons (Fsp3) is 0.357. The van der Waals surface area contributed by atoms with Crippen LogP contribution >= 0.6 is 0 Å². The van der Waals surface area contributed by atoms with Gasteiger partial charge in [-0.05, 0) is 54.5 Å². The van der Waals surface area contributed by atoms with E-state index >= 15 is 0 Å². The maximum absolute atomic E-state index is 12.9. The summed E-state index contributed by atoms with van der Waals surface area (Å²) in [5.74, 6) is 0.351. The zero-order valence-corrected chi connectivity index (χ0v) is 20.4. The normalized spacial score (nSPS) is 17.3. The fourth-order valence-electron chi connectivity index (χ4n) is 5.30. The van der Waals surface area contributed by atoms with Crippen LogP contribution in [0, 0.1) is 5.92 Å². The first-order chi connectivity index (χ1) is 18.0. The number of carbonyl (C=O) groups is 1. The minimum atomic E-state index is -1.07. The molecule has 1 saturated carbocycles. The molecule has 1 aliphatic carbocycles. The molecule has 0 unspecified atom stereocenters. The Labute approximate surface area is 213 Å². The van der Waals surface area contributed by atoms with Gasteiger partial charge in [0.05, 0.1) is 29.9 Å². The molecule has 0 spiro atoms. The predicted octanol–water partition coefficient (Wildman–Crippen LogP) is 2.57. The van der Waals surface area contributed by atoms with Crippen molar-refractivity contribution in [2.75, 3.05) is 13.1 Å². The number of aromatic amines is 1. The standard InChI is InChI=1S/C28H29N5O4/c34-16-20-14-21(8-9-22(20)18-4-2-1-3-5-18)33-25-24(26(35)30-17-29-25)23(31-33)15-28(37)10-12-32(13-11-28)27(36)19-6-7-19/h1-5,8-9,14,17,19,34,37H,6-7,10-13,15-16H2,(H,29,30,35). The third kappa shape index (κ3) is 4.45. The molecular formula is C28H29N5O4. The number of aromatic nitrogens is 4. The van der Waals surface area contributed by atoms with Crippen molar-refractivity contribution in [2.45, 2.75) is 44.3 Å². The van der Waals surface area contributed by atoms with Crippen molar-refractivity contribution in [1.29, 1.82) is 0 Å². The first-order valence-corrected chi connectivity index (χ1v) is 12.7. The number of H-pyrrole nitrogens is 1. The maximum atomic E-state index is 12.9. The van der Waals surface area contributed by atoms with E-state index in [0.717, 1.165) is 29.5 Å². The van der Waals surface area contributed by atoms with Gasteiger partial charge in [0.2, 0.25) is 5.91 Å². The van der Waals surface area contributed by atoms with Crippen LogP contribution in [0.5, 0.6) is 0 Å². The Kier molecular flexibility index (Phi) is 5.89. The summed E-state index contributed by atoms with van der Waals surface area (Å²) in [5.41, 5.74) is 2.76. The quantitative estimate of drug-likeness (QED) is 0.375. The van der Waals surface area contributed by atoms with Gasteiger partial charge in [0, 0.05) is 25.4 Å². The number of carbonyl (C=O) groups excluding carboxylic acids is 1. The van der Waals surface area contributed by atoms with E-state index < -0.39 is 5.60 Å². The molecule has 9 nitrogen and oxygen atoms in total. The second-order valence-corrected chi connectivity index (χ2v) is 10.2. The van der Waals surface area contributed by atoms with Gasteiger partial charge in [0.25, 0.3) is 5.56 Å². The number of benzene rings is 2. The van der Waals surface area contributed by atoms with Crippen LogP contribution in [0.4, 0.5) is 0 Å². The summed E-state index contributed by atoms with van der Waals surface area (Å²) in [6, 6.07) is 15.5. The molecule has 4 aromatic rings. The second-order valence-electron chi connectivity index (χ2n) is 10.2. The van der Waals surface area contributed by atoms with Gasteiger partial charge in [-0.1, -0.05) is 36.4 Å². The number of aliphatic hydroxyl groups excluding tert-OH is 1. The third-order valence-electron chi connectivity index (χ3n) is 7.56. The van der Waals surface area contributed by atoms with Crippen LogP contribution < -0.4 is 5.56 Å². The number of nitrogens with one attached hydrogen (secondary N) is 1. The van der Waals surface area contributed by atoms with Gasteiger partial charge in [-0.25, -0.2) is 9.67 Å². The molecule has 2 fully saturated rings. The van der Waals surface area contributed by atoms with Crippen LogP contribution in [0.25, 0.3) is 27.8 Å². The van der Waals surface area contributed by atoms with Gasteiger partial charge in [0.1, 0.15) is 5.39 Å². The number of likely N-dealkylation sites (tertiary alicyclic amines) is 1. The molecule has 3 N–H and O–H groups in total. The lowest BCUT2D eigenvalue weighted by molar-refractivity contribution is -0.136. The smallest absolute Gasteiger partial charge is 0.262 e. The summed E-state index contributed by atoms with van der Waals surface area (Å²) in [6.45, 7) is 0.841. The van der Waals surface area contributed by atoms with Crippen LogP contribution in [0.1, 0.15) is 36.9 Å². The number of rotatable bonds is 6. The van der Waals surface area contributed by atoms with Crippen molar-refractivity contribution in [3.05, 3.63) is 76.5 Å². The Morgan fingerprint density at radius 2 is 1.86 bits per heavy atom. The molecule has 1 aliphatic heterocycles. The number of fused-ring (bicyclic) bond motifs is 1. The zero-order valence-electron chi connectivity index (χ0n) is 20.4. The van der Waals surface area contributed by atoms with Gasteiger partial charge < -0.3 is 20.1 Å². The molecule has 6 rings (SSSR count). The monoisotopic (exact) mass is 499 g/mol. The van der Waals surface area contributed by atoms with Crippen LogP contribution in [0.15, 0.2) is 59.7 Å². The Balaban J connectivity index is 1.34. The van der Waals surface area contributed by atoms with Crippen LogP contribution in [-0.2, 0) is 17.8 Å². The highest BCUT2D eigenvalue weighted by Crippen LogP contribution is 2.35. The molecule has 0 bridgehead atoms. The van der Waals surface area contributed by atoms with Crippen molar-refractivity contribution in [1.82, 2.24) is 24.6 Å². The van der Waals surface area contributed by atoms with Gasteiger partial charge in [-0.15, -0.1) is 0 Å². The van der Waals surface area contributed by atoms with E-state index in [9.17, 15) is 19.8 Å². The molecule has 37 heavy (non-hydrogen) atoms. The van der Waals surface area contributed by atoms with Crippen LogP contribution in [-0.4, -0.2) is 59.5 Å². The summed E-state index contributed by atoms with van der Waals surface area (Å²) in [5, 5.41) is 26.6. The van der Waals surface area contributed by atoms with E-state index in [-0.39, 0.29) is 30.4 Å². The van der Waals surface area contributed by atoms with Gasteiger partial charge >= 0.3 is 0 Å². The van der Waals surface area contributed by atoms with E-state index in [1.54, 1.807) is 4.68 Å². The Bertz CT molecular complexity index is 1510. The largest absolute Gasteiger partial charge is 0.392 e. The average molecular weight is 500 g/mol. The van der Waals surface area contributed by atoms with E-state index in [2.05, 4.69) is 9.97 Å². The lowest BCUT2D eigenvalue weighted by Crippen LogP contribution is -2.48. The summed E-state index contributed by atoms with van der Waals surface area (Å²) < 4.78 is 1.60. The topological polar surface area (TPSA) is 124 Å². The molecule has 190 valence electrons. The zero-order chi connectivity index (χ0) is 25.6. The number of amides is 1. The maximum Gasteiger partial charge on any atom is 0.262 e. The van der Waals surface area contributed by atoms with E-state index in [1.807, 2.05) is 53.4 Å². The summed E-state index contributed by atoms with van der Waals surface area (Å²) in [7, 11) is 0. The number of nitrogens with zero attached hydrogens (tertiary/aromatic N) is 4. The van der Waals surface area contributed by atoms with Crippen molar-refractivity contribution in [3.8, 4) is 16.8 Å². The fourth-order valence-corrected chi connectivity index (χ4v) is 5.30. The number of piperidine rings is 1. The van der Waals surface area contributed by atoms with Crippen LogP contribution in [0.3, 0.4) is 0 Å². The lowest BCUT2D eigenvalue weighted by Gasteiger charge is -2.38. The van der Waals surface area contributed by atoms with Crippen molar-refractivity contribution in [3.63, 3.8) is 0 Å². The van der Waals surface area contributed by atoms with Gasteiger partial charge in [0.15, 0.2) is 5.65 Å². The minimum Gasteiger partial charge on any atom is -0.392 e. The summed E-state index contributed by atoms with van der Waals surface area (Å²) in [4.78, 5) is 34.2. The molecule has 2 aromatic heterocycles. The number of aliphatic hydroxyl groups is 2. The molecule has 9 heteroatoms. The molecule has 2 aliphatic rings. The van der Waals surface area contributed by atoms with Gasteiger partial charge in [-0.3, -0.25) is 9.59 Å². The Morgan fingerprint density at radius 3 is 2.57 bits per heavy atom. The summed E-state index contributed by atoms with van der Waals surface area (Å²) >= 11 is 0. The molecule has 2 aromatic carbocycles. The highest BCUT2D eigenvalue weighted by Gasteiger charge is 2.39. The Hall–Kier alpha value is -3.82. The summed E-state index contributed by atoms with van der Waals surface area (Å²) in [6.07, 6.45) is 4.31. The number of hydrogen-bond acceptors (Lipinski definition) is 6. The average Bonchev–Trinajstić information content (AvgIpc) is 3.71. The molecule has 0 atom stereocenters. The van der Waals surface area contributed by atoms with Gasteiger partial charge in [-0.2, -0.15) is 5.10 Å². The second kappa shape index (κ2) is 9.24. The van der Waals surface area contributed by atoms with Crippen LogP contribution in [0.2, 0.25) is 0 Å². The molecule has 3 heterocycles. The first kappa shape index (κ1) is 23.6. The predicted molar refractivity (Wildman–Crippen MR) is 138 cm³/mol. The Morgan fingerprint density at radius 1 is 1.11 bits per heavy atom. The van der Waals surface area contributed by atoms with Crippen molar-refractivity contribution >= 4 is 16.9 Å². The molecular weight excluding hydrogens is 470 g/mol. The van der Waals surface area contributed by atoms with Crippen molar-refractivity contribution in [2.24, 2.45) is 5.92 Å². The third-order valence-corrected chi connectivity index (χ3v) is 7.56. The molecule has 0 radical (unpaired) electrons. The van der Waals surface area contributed by atoms with E-state index in [1.165, 1.54) is 6.33 Å². The highest BCUT2D eigenvalue weighted by atomic mass is 16.3. The van der Waals surface area contributed by atoms with E-state index in [4.69, 9.17) is 5.10 Å². The lowest BCUT2D eigenvalue weighted by atomic mass is 9.86. The molecule has 1 amide bonds. The van der Waals surface area contributed by atoms with Crippen molar-refractivity contribution < 1.29 is 15.0 Å². The first-order valence-electron chi connectivity index (χ1n) is 12.7. The molecule has 1 saturated heterocycles. The number of hydrogen-bond donors (Lipinski definition) is 3. The minimum absolute atomic E-state index is 0.159.